The van der Waals surface area contributed by atoms with Crippen molar-refractivity contribution in [2.24, 2.45) is 11.7 Å². The lowest BCUT2D eigenvalue weighted by Gasteiger charge is -2.13. The molecule has 0 aliphatic rings. The van der Waals surface area contributed by atoms with Crippen LogP contribution in [0, 0.1) is 12.8 Å². The van der Waals surface area contributed by atoms with Gasteiger partial charge in [-0.15, -0.1) is 0 Å². The van der Waals surface area contributed by atoms with Gasteiger partial charge in [0.25, 0.3) is 0 Å². The standard InChI is InChI=1S/C11H18BrN3/c1-8(3-5-13)7-15-11-10(12)9(2)4-6-14-11/h4,6,8H,3,5,7,13H2,1-2H3,(H,14,15). The fraction of sp³-hybridized carbons (Fsp3) is 0.545. The molecule has 0 spiro atoms. The van der Waals surface area contributed by atoms with E-state index in [0.29, 0.717) is 5.92 Å². The lowest BCUT2D eigenvalue weighted by atomic mass is 10.1. The number of nitrogens with zero attached hydrogens (tertiary/aromatic N) is 1. The van der Waals surface area contributed by atoms with Crippen LogP contribution in [0.15, 0.2) is 16.7 Å². The van der Waals surface area contributed by atoms with Gasteiger partial charge >= 0.3 is 0 Å². The van der Waals surface area contributed by atoms with Crippen molar-refractivity contribution in [3.63, 3.8) is 0 Å². The van der Waals surface area contributed by atoms with Crippen LogP contribution in [0.5, 0.6) is 0 Å². The van der Waals surface area contributed by atoms with Gasteiger partial charge in [-0.2, -0.15) is 0 Å². The number of pyridine rings is 1. The number of aromatic nitrogens is 1. The van der Waals surface area contributed by atoms with Crippen molar-refractivity contribution >= 4 is 21.7 Å². The number of rotatable bonds is 5. The van der Waals surface area contributed by atoms with Crippen LogP contribution >= 0.6 is 15.9 Å². The van der Waals surface area contributed by atoms with Gasteiger partial charge < -0.3 is 11.1 Å². The van der Waals surface area contributed by atoms with Gasteiger partial charge in [-0.3, -0.25) is 0 Å². The Morgan fingerprint density at radius 2 is 2.33 bits per heavy atom. The average molecular weight is 272 g/mol. The molecule has 3 N–H and O–H groups in total. The Morgan fingerprint density at radius 1 is 1.60 bits per heavy atom. The molecule has 0 fully saturated rings. The average Bonchev–Trinajstić information content (AvgIpc) is 2.21. The van der Waals surface area contributed by atoms with Crippen LogP contribution in [0.3, 0.4) is 0 Å². The van der Waals surface area contributed by atoms with Gasteiger partial charge in [-0.1, -0.05) is 6.92 Å². The predicted molar refractivity (Wildman–Crippen MR) is 68.0 cm³/mol. The maximum atomic E-state index is 5.50. The van der Waals surface area contributed by atoms with E-state index in [9.17, 15) is 0 Å². The van der Waals surface area contributed by atoms with Crippen LogP contribution in [0.4, 0.5) is 5.82 Å². The third kappa shape index (κ3) is 3.80. The number of hydrogen-bond acceptors (Lipinski definition) is 3. The van der Waals surface area contributed by atoms with Crippen LogP contribution in [0.1, 0.15) is 18.9 Å². The molecule has 0 aromatic carbocycles. The van der Waals surface area contributed by atoms with Crippen molar-refractivity contribution < 1.29 is 0 Å². The Hall–Kier alpha value is -0.610. The maximum absolute atomic E-state index is 5.50. The van der Waals surface area contributed by atoms with Gasteiger partial charge in [0, 0.05) is 12.7 Å². The molecule has 1 unspecified atom stereocenters. The summed E-state index contributed by atoms with van der Waals surface area (Å²) in [5.74, 6) is 1.49. The zero-order valence-electron chi connectivity index (χ0n) is 9.26. The van der Waals surface area contributed by atoms with Crippen molar-refractivity contribution in [3.8, 4) is 0 Å². The quantitative estimate of drug-likeness (QED) is 0.866. The summed E-state index contributed by atoms with van der Waals surface area (Å²) < 4.78 is 1.05. The summed E-state index contributed by atoms with van der Waals surface area (Å²) in [5, 5.41) is 3.32. The highest BCUT2D eigenvalue weighted by atomic mass is 79.9. The second-order valence-corrected chi connectivity index (χ2v) is 4.65. The molecule has 4 heteroatoms. The first-order valence-electron chi connectivity index (χ1n) is 5.20. The first-order valence-corrected chi connectivity index (χ1v) is 5.99. The van der Waals surface area contributed by atoms with Crippen molar-refractivity contribution in [1.82, 2.24) is 4.98 Å². The van der Waals surface area contributed by atoms with Gasteiger partial charge in [0.15, 0.2) is 0 Å². The first kappa shape index (κ1) is 12.5. The summed E-state index contributed by atoms with van der Waals surface area (Å²) in [6, 6.07) is 1.98. The molecule has 1 atom stereocenters. The lowest BCUT2D eigenvalue weighted by molar-refractivity contribution is 0.567. The van der Waals surface area contributed by atoms with E-state index in [2.05, 4.69) is 40.1 Å². The van der Waals surface area contributed by atoms with Gasteiger partial charge in [0.1, 0.15) is 5.82 Å². The van der Waals surface area contributed by atoms with Crippen LogP contribution in [-0.4, -0.2) is 18.1 Å². The Balaban J connectivity index is 2.54. The molecular weight excluding hydrogens is 254 g/mol. The highest BCUT2D eigenvalue weighted by Crippen LogP contribution is 2.23. The molecule has 0 bridgehead atoms. The largest absolute Gasteiger partial charge is 0.369 e. The summed E-state index contributed by atoms with van der Waals surface area (Å²) in [6.45, 7) is 5.89. The molecule has 0 amide bonds. The zero-order chi connectivity index (χ0) is 11.3. The second-order valence-electron chi connectivity index (χ2n) is 3.85. The maximum Gasteiger partial charge on any atom is 0.140 e. The molecule has 0 aliphatic carbocycles. The van der Waals surface area contributed by atoms with E-state index in [4.69, 9.17) is 5.73 Å². The van der Waals surface area contributed by atoms with Crippen LogP contribution in [-0.2, 0) is 0 Å². The van der Waals surface area contributed by atoms with E-state index >= 15 is 0 Å². The number of hydrogen-bond donors (Lipinski definition) is 2. The third-order valence-corrected chi connectivity index (χ3v) is 3.36. The van der Waals surface area contributed by atoms with Crippen molar-refractivity contribution in [1.29, 1.82) is 0 Å². The number of aryl methyl sites for hydroxylation is 1. The van der Waals surface area contributed by atoms with Crippen molar-refractivity contribution in [2.45, 2.75) is 20.3 Å². The minimum Gasteiger partial charge on any atom is -0.369 e. The highest BCUT2D eigenvalue weighted by molar-refractivity contribution is 9.10. The molecule has 1 heterocycles. The smallest absolute Gasteiger partial charge is 0.140 e. The molecule has 0 aliphatic heterocycles. The van der Waals surface area contributed by atoms with Gasteiger partial charge in [-0.05, 0) is 53.4 Å². The normalized spacial score (nSPS) is 12.5. The molecule has 0 saturated heterocycles. The minimum atomic E-state index is 0.573. The summed E-state index contributed by atoms with van der Waals surface area (Å²) in [4.78, 5) is 4.28. The first-order chi connectivity index (χ1) is 7.15. The van der Waals surface area contributed by atoms with E-state index in [1.54, 1.807) is 0 Å². The van der Waals surface area contributed by atoms with Crippen LogP contribution in [0.2, 0.25) is 0 Å². The van der Waals surface area contributed by atoms with Crippen LogP contribution < -0.4 is 11.1 Å². The summed E-state index contributed by atoms with van der Waals surface area (Å²) in [7, 11) is 0. The van der Waals surface area contributed by atoms with E-state index in [-0.39, 0.29) is 0 Å². The summed E-state index contributed by atoms with van der Waals surface area (Å²) in [6.07, 6.45) is 2.85. The van der Waals surface area contributed by atoms with E-state index in [1.165, 1.54) is 5.56 Å². The Bertz CT molecular complexity index is 315. The molecule has 1 rings (SSSR count). The lowest BCUT2D eigenvalue weighted by Crippen LogP contribution is -2.16. The molecule has 3 nitrogen and oxygen atoms in total. The summed E-state index contributed by atoms with van der Waals surface area (Å²) in [5.41, 5.74) is 6.69. The number of halogens is 1. The Morgan fingerprint density at radius 3 is 3.00 bits per heavy atom. The van der Waals surface area contributed by atoms with Gasteiger partial charge in [0.2, 0.25) is 0 Å². The molecule has 84 valence electrons. The third-order valence-electron chi connectivity index (χ3n) is 2.36. The highest BCUT2D eigenvalue weighted by Gasteiger charge is 2.05. The molecule has 1 aromatic heterocycles. The van der Waals surface area contributed by atoms with Crippen molar-refractivity contribution in [3.05, 3.63) is 22.3 Å². The van der Waals surface area contributed by atoms with Gasteiger partial charge in [0.05, 0.1) is 4.47 Å². The fourth-order valence-corrected chi connectivity index (χ4v) is 1.70. The monoisotopic (exact) mass is 271 g/mol. The van der Waals surface area contributed by atoms with E-state index in [0.717, 1.165) is 29.8 Å². The molecule has 1 aromatic rings. The van der Waals surface area contributed by atoms with Crippen LogP contribution in [0.25, 0.3) is 0 Å². The minimum absolute atomic E-state index is 0.573. The SMILES string of the molecule is Cc1ccnc(NCC(C)CCN)c1Br. The topological polar surface area (TPSA) is 50.9 Å². The molecular formula is C11H18BrN3. The molecule has 0 radical (unpaired) electrons. The van der Waals surface area contributed by atoms with E-state index < -0.39 is 0 Å². The zero-order valence-corrected chi connectivity index (χ0v) is 10.8. The van der Waals surface area contributed by atoms with E-state index in [1.807, 2.05) is 12.3 Å². The predicted octanol–water partition coefficient (Wildman–Crippen LogP) is 2.55. The number of nitrogens with two attached hydrogens (primary N) is 1. The number of nitrogens with one attached hydrogen (secondary N) is 1. The Labute approximate surface area is 99.6 Å². The molecule has 0 saturated carbocycles. The molecule has 15 heavy (non-hydrogen) atoms. The number of anilines is 1. The van der Waals surface area contributed by atoms with Gasteiger partial charge in [-0.25, -0.2) is 4.98 Å². The Kier molecular flexibility index (Phi) is 5.05. The van der Waals surface area contributed by atoms with Crippen molar-refractivity contribution in [2.75, 3.05) is 18.4 Å². The summed E-state index contributed by atoms with van der Waals surface area (Å²) >= 11 is 3.52. The second kappa shape index (κ2) is 6.08. The fourth-order valence-electron chi connectivity index (χ4n) is 1.32.